The van der Waals surface area contributed by atoms with Crippen LogP contribution in [0.15, 0.2) is 18.2 Å². The first-order chi connectivity index (χ1) is 7.63. The summed E-state index contributed by atoms with van der Waals surface area (Å²) >= 11 is 0. The Bertz CT molecular complexity index is 392. The number of rotatable bonds is 4. The molecule has 1 saturated carbocycles. The van der Waals surface area contributed by atoms with Crippen molar-refractivity contribution in [2.75, 3.05) is 7.11 Å². The van der Waals surface area contributed by atoms with Crippen LogP contribution < -0.4 is 4.74 Å². The summed E-state index contributed by atoms with van der Waals surface area (Å²) in [7, 11) is 1.50. The van der Waals surface area contributed by atoms with Crippen LogP contribution in [-0.4, -0.2) is 12.2 Å². The minimum Gasteiger partial charge on any atom is -0.496 e. The number of aliphatic hydroxyl groups is 1. The molecule has 1 aromatic carbocycles. The molecule has 0 saturated heterocycles. The molecule has 2 rings (SSSR count). The van der Waals surface area contributed by atoms with E-state index in [2.05, 4.69) is 6.92 Å². The van der Waals surface area contributed by atoms with E-state index in [0.29, 0.717) is 17.7 Å². The van der Waals surface area contributed by atoms with Gasteiger partial charge in [-0.15, -0.1) is 0 Å². The lowest BCUT2D eigenvalue weighted by atomic mass is 10.0. The van der Waals surface area contributed by atoms with Crippen LogP contribution in [0, 0.1) is 11.7 Å². The van der Waals surface area contributed by atoms with Gasteiger partial charge in [0.1, 0.15) is 11.6 Å². The topological polar surface area (TPSA) is 29.5 Å². The molecule has 0 aromatic heterocycles. The zero-order chi connectivity index (χ0) is 11.8. The van der Waals surface area contributed by atoms with Crippen molar-refractivity contribution in [1.29, 1.82) is 0 Å². The molecule has 16 heavy (non-hydrogen) atoms. The van der Waals surface area contributed by atoms with E-state index in [1.165, 1.54) is 13.2 Å². The van der Waals surface area contributed by atoms with Gasteiger partial charge in [-0.05, 0) is 30.9 Å². The van der Waals surface area contributed by atoms with Crippen LogP contribution in [0.4, 0.5) is 4.39 Å². The van der Waals surface area contributed by atoms with Crippen molar-refractivity contribution < 1.29 is 14.2 Å². The minimum absolute atomic E-state index is 0.170. The second-order valence-electron chi connectivity index (χ2n) is 4.43. The van der Waals surface area contributed by atoms with Gasteiger partial charge in [0, 0.05) is 0 Å². The van der Waals surface area contributed by atoms with Crippen LogP contribution in [0.25, 0.3) is 0 Å². The number of methoxy groups -OCH3 is 1. The maximum absolute atomic E-state index is 13.7. The highest BCUT2D eigenvalue weighted by Gasteiger charge is 2.56. The lowest BCUT2D eigenvalue weighted by molar-refractivity contribution is 0.121. The fourth-order valence-electron chi connectivity index (χ4n) is 2.41. The zero-order valence-electron chi connectivity index (χ0n) is 9.66. The molecular weight excluding hydrogens is 207 g/mol. The van der Waals surface area contributed by atoms with Crippen molar-refractivity contribution in [3.63, 3.8) is 0 Å². The fraction of sp³-hybridized carbons (Fsp3) is 0.538. The van der Waals surface area contributed by atoms with Crippen molar-refractivity contribution in [3.8, 4) is 5.75 Å². The van der Waals surface area contributed by atoms with Crippen LogP contribution in [0.1, 0.15) is 31.7 Å². The molecule has 0 spiro atoms. The Hall–Kier alpha value is -1.09. The maximum Gasteiger partial charge on any atom is 0.133 e. The molecule has 0 radical (unpaired) electrons. The van der Waals surface area contributed by atoms with Gasteiger partial charge in [-0.3, -0.25) is 0 Å². The van der Waals surface area contributed by atoms with Crippen LogP contribution in [-0.2, 0) is 5.60 Å². The van der Waals surface area contributed by atoms with Gasteiger partial charge in [0.2, 0.25) is 0 Å². The summed E-state index contributed by atoms with van der Waals surface area (Å²) in [5, 5.41) is 10.4. The average molecular weight is 224 g/mol. The standard InChI is InChI=1S/C13H17FO2/c1-3-5-9-8-13(9,15)12-10(14)6-4-7-11(12)16-2/h4,6-7,9,15H,3,5,8H2,1-2H3. The Kier molecular flexibility index (Phi) is 2.89. The molecule has 88 valence electrons. The molecule has 1 aliphatic rings. The predicted octanol–water partition coefficient (Wildman–Crippen LogP) is 2.84. The first-order valence-electron chi connectivity index (χ1n) is 5.68. The van der Waals surface area contributed by atoms with Gasteiger partial charge >= 0.3 is 0 Å². The summed E-state index contributed by atoms with van der Waals surface area (Å²) in [5.41, 5.74) is -0.678. The zero-order valence-corrected chi connectivity index (χ0v) is 9.66. The third-order valence-electron chi connectivity index (χ3n) is 3.34. The average Bonchev–Trinajstić information content (AvgIpc) is 2.90. The number of benzene rings is 1. The van der Waals surface area contributed by atoms with Gasteiger partial charge in [-0.2, -0.15) is 0 Å². The van der Waals surface area contributed by atoms with E-state index >= 15 is 0 Å². The quantitative estimate of drug-likeness (QED) is 0.852. The lowest BCUT2D eigenvalue weighted by Crippen LogP contribution is -2.13. The summed E-state index contributed by atoms with van der Waals surface area (Å²) in [6.45, 7) is 2.07. The van der Waals surface area contributed by atoms with Gasteiger partial charge in [-0.1, -0.05) is 19.4 Å². The van der Waals surface area contributed by atoms with E-state index in [4.69, 9.17) is 4.74 Å². The molecule has 1 fully saturated rings. The molecule has 2 unspecified atom stereocenters. The normalized spacial score (nSPS) is 27.9. The molecular formula is C13H17FO2. The summed E-state index contributed by atoms with van der Waals surface area (Å²) in [5.74, 6) is 0.241. The maximum atomic E-state index is 13.7. The van der Waals surface area contributed by atoms with Gasteiger partial charge in [0.15, 0.2) is 0 Å². The lowest BCUT2D eigenvalue weighted by Gasteiger charge is -2.15. The van der Waals surface area contributed by atoms with Crippen LogP contribution in [0.3, 0.4) is 0 Å². The van der Waals surface area contributed by atoms with Gasteiger partial charge in [-0.25, -0.2) is 4.39 Å². The Morgan fingerprint density at radius 3 is 2.94 bits per heavy atom. The third kappa shape index (κ3) is 1.69. The van der Waals surface area contributed by atoms with E-state index in [1.54, 1.807) is 12.1 Å². The number of ether oxygens (including phenoxy) is 1. The van der Waals surface area contributed by atoms with E-state index in [1.807, 2.05) is 0 Å². The van der Waals surface area contributed by atoms with Crippen LogP contribution >= 0.6 is 0 Å². The van der Waals surface area contributed by atoms with Crippen molar-refractivity contribution in [1.82, 2.24) is 0 Å². The SMILES string of the molecule is CCCC1CC1(O)c1c(F)cccc1OC. The third-order valence-corrected chi connectivity index (χ3v) is 3.34. The highest BCUT2D eigenvalue weighted by Crippen LogP contribution is 2.57. The highest BCUT2D eigenvalue weighted by atomic mass is 19.1. The van der Waals surface area contributed by atoms with Crippen molar-refractivity contribution >= 4 is 0 Å². The monoisotopic (exact) mass is 224 g/mol. The van der Waals surface area contributed by atoms with Crippen molar-refractivity contribution in [2.45, 2.75) is 31.8 Å². The first kappa shape index (κ1) is 11.4. The van der Waals surface area contributed by atoms with Crippen LogP contribution in [0.5, 0.6) is 5.75 Å². The number of hydrogen-bond donors (Lipinski definition) is 1. The summed E-state index contributed by atoms with van der Waals surface area (Å²) in [4.78, 5) is 0. The van der Waals surface area contributed by atoms with Crippen LogP contribution in [0.2, 0.25) is 0 Å². The van der Waals surface area contributed by atoms with Gasteiger partial charge in [0.25, 0.3) is 0 Å². The van der Waals surface area contributed by atoms with E-state index in [0.717, 1.165) is 12.8 Å². The van der Waals surface area contributed by atoms with Gasteiger partial charge < -0.3 is 9.84 Å². The molecule has 2 atom stereocenters. The smallest absolute Gasteiger partial charge is 0.133 e. The Morgan fingerprint density at radius 1 is 1.56 bits per heavy atom. The molecule has 0 heterocycles. The Labute approximate surface area is 95.1 Å². The number of hydrogen-bond acceptors (Lipinski definition) is 2. The van der Waals surface area contributed by atoms with Crippen molar-refractivity contribution in [2.24, 2.45) is 5.92 Å². The highest BCUT2D eigenvalue weighted by molar-refractivity contribution is 5.43. The summed E-state index contributed by atoms with van der Waals surface area (Å²) < 4.78 is 18.9. The largest absolute Gasteiger partial charge is 0.496 e. The molecule has 2 nitrogen and oxygen atoms in total. The number of halogens is 1. The molecule has 0 bridgehead atoms. The summed E-state index contributed by atoms with van der Waals surface area (Å²) in [6.07, 6.45) is 2.57. The van der Waals surface area contributed by atoms with E-state index in [9.17, 15) is 9.50 Å². The second kappa shape index (κ2) is 4.06. The first-order valence-corrected chi connectivity index (χ1v) is 5.68. The van der Waals surface area contributed by atoms with Crippen molar-refractivity contribution in [3.05, 3.63) is 29.6 Å². The molecule has 1 aliphatic carbocycles. The molecule has 1 N–H and O–H groups in total. The van der Waals surface area contributed by atoms with E-state index in [-0.39, 0.29) is 11.7 Å². The molecule has 0 amide bonds. The predicted molar refractivity (Wildman–Crippen MR) is 59.9 cm³/mol. The Balaban J connectivity index is 2.34. The minimum atomic E-state index is -1.01. The second-order valence-corrected chi connectivity index (χ2v) is 4.43. The molecule has 1 aromatic rings. The Morgan fingerprint density at radius 2 is 2.31 bits per heavy atom. The molecule has 3 heteroatoms. The summed E-state index contributed by atoms with van der Waals surface area (Å²) in [6, 6.07) is 4.66. The molecule has 0 aliphatic heterocycles. The fourth-order valence-corrected chi connectivity index (χ4v) is 2.41. The van der Waals surface area contributed by atoms with E-state index < -0.39 is 5.60 Å². The van der Waals surface area contributed by atoms with Gasteiger partial charge in [0.05, 0.1) is 18.3 Å².